The van der Waals surface area contributed by atoms with Gasteiger partial charge >= 0.3 is 0 Å². The van der Waals surface area contributed by atoms with E-state index in [0.29, 0.717) is 5.56 Å². The molecule has 2 unspecified atom stereocenters. The summed E-state index contributed by atoms with van der Waals surface area (Å²) >= 11 is 0. The minimum Gasteiger partial charge on any atom is -0.472 e. The molecule has 3 N–H and O–H groups in total. The highest BCUT2D eigenvalue weighted by atomic mass is 16.3. The molecule has 0 radical (unpaired) electrons. The van der Waals surface area contributed by atoms with E-state index in [2.05, 4.69) is 5.32 Å². The minimum absolute atomic E-state index is 0.0156. The lowest BCUT2D eigenvalue weighted by atomic mass is 10.1. The van der Waals surface area contributed by atoms with Crippen LogP contribution in [0, 0.1) is 0 Å². The van der Waals surface area contributed by atoms with Gasteiger partial charge in [-0.3, -0.25) is 4.79 Å². The maximum atomic E-state index is 10.5. The maximum absolute atomic E-state index is 10.5. The zero-order valence-corrected chi connectivity index (χ0v) is 7.80. The monoisotopic (exact) mass is 199 g/mol. The van der Waals surface area contributed by atoms with Crippen LogP contribution in [0.2, 0.25) is 0 Å². The van der Waals surface area contributed by atoms with Crippen molar-refractivity contribution >= 4 is 5.91 Å². The lowest BCUT2D eigenvalue weighted by molar-refractivity contribution is -0.119. The van der Waals surface area contributed by atoms with Gasteiger partial charge in [0.25, 0.3) is 0 Å². The molecule has 0 aromatic carbocycles. The van der Waals surface area contributed by atoms with E-state index in [1.807, 2.05) is 0 Å². The highest BCUT2D eigenvalue weighted by Gasteiger charge is 2.19. The van der Waals surface area contributed by atoms with Gasteiger partial charge < -0.3 is 19.9 Å². The number of furan rings is 1. The van der Waals surface area contributed by atoms with Gasteiger partial charge in [0, 0.05) is 19.0 Å². The van der Waals surface area contributed by atoms with Crippen LogP contribution in [-0.2, 0) is 4.79 Å². The van der Waals surface area contributed by atoms with Crippen LogP contribution in [0.4, 0.5) is 0 Å². The van der Waals surface area contributed by atoms with Gasteiger partial charge in [0.2, 0.25) is 5.91 Å². The van der Waals surface area contributed by atoms with Gasteiger partial charge in [-0.25, -0.2) is 0 Å². The number of aliphatic hydroxyl groups excluding tert-OH is 2. The zero-order chi connectivity index (χ0) is 10.6. The van der Waals surface area contributed by atoms with Crippen molar-refractivity contribution in [3.63, 3.8) is 0 Å². The summed E-state index contributed by atoms with van der Waals surface area (Å²) in [6.45, 7) is 1.36. The summed E-state index contributed by atoms with van der Waals surface area (Å²) in [6.07, 6.45) is 0.683. The van der Waals surface area contributed by atoms with Crippen molar-refractivity contribution in [3.8, 4) is 0 Å². The van der Waals surface area contributed by atoms with E-state index in [9.17, 15) is 15.0 Å². The van der Waals surface area contributed by atoms with E-state index in [1.165, 1.54) is 19.5 Å². The van der Waals surface area contributed by atoms with Crippen molar-refractivity contribution in [1.82, 2.24) is 5.32 Å². The molecule has 2 atom stereocenters. The Labute approximate surface area is 81.4 Å². The summed E-state index contributed by atoms with van der Waals surface area (Å²) in [5, 5.41) is 21.4. The Morgan fingerprint density at radius 2 is 2.36 bits per heavy atom. The molecule has 0 saturated heterocycles. The molecule has 0 aliphatic heterocycles. The molecule has 14 heavy (non-hydrogen) atoms. The van der Waals surface area contributed by atoms with Gasteiger partial charge in [-0.05, 0) is 6.07 Å². The number of hydrogen-bond donors (Lipinski definition) is 3. The second kappa shape index (κ2) is 4.78. The molecule has 5 nitrogen and oxygen atoms in total. The first-order valence-corrected chi connectivity index (χ1v) is 4.24. The van der Waals surface area contributed by atoms with Crippen LogP contribution in [0.1, 0.15) is 18.6 Å². The standard InChI is InChI=1S/C9H13NO4/c1-6(11)10-4-8(12)9(13)7-2-3-14-5-7/h2-3,5,8-9,12-13H,4H2,1H3,(H,10,11). The number of rotatable bonds is 4. The first kappa shape index (κ1) is 10.7. The summed E-state index contributed by atoms with van der Waals surface area (Å²) in [5.41, 5.74) is 0.489. The van der Waals surface area contributed by atoms with Crippen LogP contribution in [0.3, 0.4) is 0 Å². The molecule has 1 rings (SSSR count). The smallest absolute Gasteiger partial charge is 0.216 e. The first-order valence-electron chi connectivity index (χ1n) is 4.24. The van der Waals surface area contributed by atoms with Crippen LogP contribution < -0.4 is 5.32 Å². The second-order valence-electron chi connectivity index (χ2n) is 3.01. The molecule has 1 amide bonds. The van der Waals surface area contributed by atoms with Gasteiger partial charge in [0.1, 0.15) is 12.2 Å². The Kier molecular flexibility index (Phi) is 3.67. The van der Waals surface area contributed by atoms with E-state index in [-0.39, 0.29) is 12.5 Å². The summed E-state index contributed by atoms with van der Waals surface area (Å²) < 4.78 is 4.75. The van der Waals surface area contributed by atoms with E-state index in [4.69, 9.17) is 4.42 Å². The molecule has 0 saturated carbocycles. The Hall–Kier alpha value is -1.33. The molecule has 0 bridgehead atoms. The maximum Gasteiger partial charge on any atom is 0.216 e. The van der Waals surface area contributed by atoms with Crippen LogP contribution in [-0.4, -0.2) is 28.8 Å². The van der Waals surface area contributed by atoms with Gasteiger partial charge in [0.05, 0.1) is 12.5 Å². The van der Waals surface area contributed by atoms with E-state index in [0.717, 1.165) is 0 Å². The van der Waals surface area contributed by atoms with E-state index in [1.54, 1.807) is 6.07 Å². The Morgan fingerprint density at radius 3 is 2.86 bits per heavy atom. The van der Waals surface area contributed by atoms with Crippen LogP contribution in [0.15, 0.2) is 23.0 Å². The fourth-order valence-electron chi connectivity index (χ4n) is 1.03. The Balaban J connectivity index is 2.44. The second-order valence-corrected chi connectivity index (χ2v) is 3.01. The lowest BCUT2D eigenvalue weighted by Gasteiger charge is -2.16. The van der Waals surface area contributed by atoms with Crippen molar-refractivity contribution in [2.45, 2.75) is 19.1 Å². The fourth-order valence-corrected chi connectivity index (χ4v) is 1.03. The molecule has 1 aromatic rings. The average Bonchev–Trinajstić information content (AvgIpc) is 2.65. The number of carbonyl (C=O) groups is 1. The summed E-state index contributed by atoms with van der Waals surface area (Å²) in [4.78, 5) is 10.5. The zero-order valence-electron chi connectivity index (χ0n) is 7.80. The van der Waals surface area contributed by atoms with E-state index < -0.39 is 12.2 Å². The minimum atomic E-state index is -1.04. The molecule has 5 heteroatoms. The van der Waals surface area contributed by atoms with Crippen molar-refractivity contribution in [1.29, 1.82) is 0 Å². The molecule has 78 valence electrons. The number of amides is 1. The van der Waals surface area contributed by atoms with Gasteiger partial charge in [-0.1, -0.05) is 0 Å². The van der Waals surface area contributed by atoms with Crippen molar-refractivity contribution in [2.75, 3.05) is 6.54 Å². The van der Waals surface area contributed by atoms with E-state index >= 15 is 0 Å². The molecule has 0 aliphatic rings. The van der Waals surface area contributed by atoms with Crippen LogP contribution >= 0.6 is 0 Å². The molecular formula is C9H13NO4. The molecule has 0 spiro atoms. The SMILES string of the molecule is CC(=O)NCC(O)C(O)c1ccoc1. The molecule has 1 heterocycles. The average molecular weight is 199 g/mol. The van der Waals surface area contributed by atoms with Crippen molar-refractivity contribution in [3.05, 3.63) is 24.2 Å². The first-order chi connectivity index (χ1) is 6.61. The Bertz CT molecular complexity index is 283. The quantitative estimate of drug-likeness (QED) is 0.627. The fraction of sp³-hybridized carbons (Fsp3) is 0.444. The highest BCUT2D eigenvalue weighted by Crippen LogP contribution is 2.16. The number of nitrogens with one attached hydrogen (secondary N) is 1. The number of carbonyl (C=O) groups excluding carboxylic acids is 1. The summed E-state index contributed by atoms with van der Waals surface area (Å²) in [5.74, 6) is -0.247. The third-order valence-corrected chi connectivity index (χ3v) is 1.81. The lowest BCUT2D eigenvalue weighted by Crippen LogP contribution is -2.34. The third kappa shape index (κ3) is 2.86. The van der Waals surface area contributed by atoms with Crippen LogP contribution in [0.25, 0.3) is 0 Å². The molecule has 0 aliphatic carbocycles. The van der Waals surface area contributed by atoms with Crippen LogP contribution in [0.5, 0.6) is 0 Å². The Morgan fingerprint density at radius 1 is 1.64 bits per heavy atom. The number of aliphatic hydroxyl groups is 2. The summed E-state index contributed by atoms with van der Waals surface area (Å²) in [6, 6.07) is 1.56. The third-order valence-electron chi connectivity index (χ3n) is 1.81. The normalized spacial score (nSPS) is 14.8. The molecular weight excluding hydrogens is 186 g/mol. The van der Waals surface area contributed by atoms with Crippen molar-refractivity contribution in [2.24, 2.45) is 0 Å². The van der Waals surface area contributed by atoms with Gasteiger partial charge in [-0.2, -0.15) is 0 Å². The van der Waals surface area contributed by atoms with Crippen molar-refractivity contribution < 1.29 is 19.4 Å². The predicted molar refractivity (Wildman–Crippen MR) is 48.4 cm³/mol. The molecule has 1 aromatic heterocycles. The van der Waals surface area contributed by atoms with Gasteiger partial charge in [0.15, 0.2) is 0 Å². The topological polar surface area (TPSA) is 82.7 Å². The largest absolute Gasteiger partial charge is 0.472 e. The highest BCUT2D eigenvalue weighted by molar-refractivity contribution is 5.72. The number of hydrogen-bond acceptors (Lipinski definition) is 4. The molecule has 0 fully saturated rings. The van der Waals surface area contributed by atoms with Gasteiger partial charge in [-0.15, -0.1) is 0 Å². The predicted octanol–water partition coefficient (Wildman–Crippen LogP) is -0.190. The summed E-state index contributed by atoms with van der Waals surface area (Å²) in [7, 11) is 0.